The third-order valence-corrected chi connectivity index (χ3v) is 5.07. The van der Waals surface area contributed by atoms with Gasteiger partial charge in [-0.25, -0.2) is 0 Å². The van der Waals surface area contributed by atoms with Crippen molar-refractivity contribution in [2.75, 3.05) is 19.6 Å². The molecule has 0 saturated carbocycles. The van der Waals surface area contributed by atoms with Crippen molar-refractivity contribution in [2.24, 2.45) is 0 Å². The molecule has 8 heteroatoms. The first-order valence-corrected chi connectivity index (χ1v) is 8.53. The number of carbonyl (C=O) groups excluding carboxylic acids is 1. The Hall–Kier alpha value is -1.70. The maximum atomic E-state index is 12.6. The Morgan fingerprint density at radius 2 is 2.00 bits per heavy atom. The average molecular weight is 389 g/mol. The van der Waals surface area contributed by atoms with Crippen LogP contribution in [0.2, 0.25) is 0 Å². The molecule has 1 aliphatic rings. The van der Waals surface area contributed by atoms with Crippen LogP contribution >= 0.6 is 23.7 Å². The fourth-order valence-electron chi connectivity index (χ4n) is 2.69. The highest BCUT2D eigenvalue weighted by molar-refractivity contribution is 7.17. The normalized spacial score (nSPS) is 17.3. The molecule has 1 aliphatic heterocycles. The van der Waals surface area contributed by atoms with Crippen LogP contribution in [-0.4, -0.2) is 43.1 Å². The highest BCUT2D eigenvalue weighted by atomic mass is 35.5. The van der Waals surface area contributed by atoms with Crippen LogP contribution < -0.4 is 10.1 Å². The van der Waals surface area contributed by atoms with Gasteiger partial charge >= 0.3 is 6.61 Å². The smallest absolute Gasteiger partial charge is 0.387 e. The Labute approximate surface area is 155 Å². The molecular weight excluding hydrogens is 370 g/mol. The van der Waals surface area contributed by atoms with E-state index in [0.717, 1.165) is 23.5 Å². The fraction of sp³-hybridized carbons (Fsp3) is 0.353. The van der Waals surface area contributed by atoms with Crippen molar-refractivity contribution in [3.05, 3.63) is 41.3 Å². The number of carbonyl (C=O) groups is 1. The van der Waals surface area contributed by atoms with Crippen LogP contribution in [0.5, 0.6) is 5.75 Å². The van der Waals surface area contributed by atoms with Gasteiger partial charge in [-0.05, 0) is 48.9 Å². The zero-order valence-corrected chi connectivity index (χ0v) is 15.2. The number of amides is 1. The van der Waals surface area contributed by atoms with E-state index >= 15 is 0 Å². The van der Waals surface area contributed by atoms with Crippen LogP contribution in [0.25, 0.3) is 10.4 Å². The Morgan fingerprint density at radius 1 is 1.28 bits per heavy atom. The van der Waals surface area contributed by atoms with Crippen molar-refractivity contribution < 1.29 is 18.3 Å². The number of hydrogen-bond donors (Lipinski definition) is 1. The molecule has 1 aromatic carbocycles. The Morgan fingerprint density at radius 3 is 2.64 bits per heavy atom. The van der Waals surface area contributed by atoms with Crippen molar-refractivity contribution in [3.8, 4) is 16.2 Å². The van der Waals surface area contributed by atoms with Gasteiger partial charge in [0.15, 0.2) is 0 Å². The summed E-state index contributed by atoms with van der Waals surface area (Å²) in [5.41, 5.74) is 0.869. The molecule has 0 spiro atoms. The second-order valence-corrected chi connectivity index (χ2v) is 6.70. The molecule has 1 aromatic heterocycles. The molecule has 136 valence electrons. The SMILES string of the molecule is C[C@H]1CNCCN1C(=O)c1ccc(-c2ccc(OC(F)F)cc2)s1.Cl. The summed E-state index contributed by atoms with van der Waals surface area (Å²) in [5.74, 6) is 0.161. The molecule has 2 aromatic rings. The summed E-state index contributed by atoms with van der Waals surface area (Å²) in [6.45, 7) is 1.51. The topological polar surface area (TPSA) is 41.6 Å². The van der Waals surface area contributed by atoms with Gasteiger partial charge in [0.25, 0.3) is 5.91 Å². The molecule has 25 heavy (non-hydrogen) atoms. The minimum Gasteiger partial charge on any atom is -0.435 e. The van der Waals surface area contributed by atoms with E-state index in [1.165, 1.54) is 23.5 Å². The summed E-state index contributed by atoms with van der Waals surface area (Å²) in [4.78, 5) is 16.1. The molecule has 0 bridgehead atoms. The van der Waals surface area contributed by atoms with Gasteiger partial charge in [0.2, 0.25) is 0 Å². The predicted molar refractivity (Wildman–Crippen MR) is 97.0 cm³/mol. The van der Waals surface area contributed by atoms with E-state index in [1.54, 1.807) is 12.1 Å². The van der Waals surface area contributed by atoms with E-state index in [2.05, 4.69) is 10.1 Å². The third-order valence-electron chi connectivity index (χ3n) is 3.94. The number of rotatable bonds is 4. The molecule has 1 fully saturated rings. The van der Waals surface area contributed by atoms with E-state index in [9.17, 15) is 13.6 Å². The largest absolute Gasteiger partial charge is 0.435 e. The first kappa shape index (κ1) is 19.6. The van der Waals surface area contributed by atoms with E-state index < -0.39 is 6.61 Å². The summed E-state index contributed by atoms with van der Waals surface area (Å²) < 4.78 is 28.7. The van der Waals surface area contributed by atoms with Crippen LogP contribution in [0.4, 0.5) is 8.78 Å². The zero-order chi connectivity index (χ0) is 17.1. The van der Waals surface area contributed by atoms with E-state index in [1.807, 2.05) is 24.0 Å². The van der Waals surface area contributed by atoms with Gasteiger partial charge in [0.05, 0.1) is 4.88 Å². The molecule has 1 atom stereocenters. The number of piperazine rings is 1. The summed E-state index contributed by atoms with van der Waals surface area (Å²) in [7, 11) is 0. The van der Waals surface area contributed by atoms with Crippen molar-refractivity contribution in [2.45, 2.75) is 19.6 Å². The second kappa shape index (κ2) is 8.60. The first-order chi connectivity index (χ1) is 11.5. The van der Waals surface area contributed by atoms with Crippen molar-refractivity contribution in [1.82, 2.24) is 10.2 Å². The second-order valence-electron chi connectivity index (χ2n) is 5.62. The lowest BCUT2D eigenvalue weighted by Gasteiger charge is -2.33. The zero-order valence-electron chi connectivity index (χ0n) is 13.6. The number of benzene rings is 1. The lowest BCUT2D eigenvalue weighted by Crippen LogP contribution is -2.52. The van der Waals surface area contributed by atoms with Gasteiger partial charge in [-0.3, -0.25) is 4.79 Å². The van der Waals surface area contributed by atoms with Crippen molar-refractivity contribution in [3.63, 3.8) is 0 Å². The van der Waals surface area contributed by atoms with Crippen molar-refractivity contribution in [1.29, 1.82) is 0 Å². The maximum Gasteiger partial charge on any atom is 0.387 e. The summed E-state index contributed by atoms with van der Waals surface area (Å²) >= 11 is 1.41. The van der Waals surface area contributed by atoms with E-state index in [0.29, 0.717) is 11.4 Å². The van der Waals surface area contributed by atoms with Gasteiger partial charge in [0, 0.05) is 30.6 Å². The Balaban J connectivity index is 0.00000225. The first-order valence-electron chi connectivity index (χ1n) is 7.71. The molecule has 3 rings (SSSR count). The molecule has 1 N–H and O–H groups in total. The summed E-state index contributed by atoms with van der Waals surface area (Å²) in [6, 6.07) is 10.3. The average Bonchev–Trinajstić information content (AvgIpc) is 3.05. The van der Waals surface area contributed by atoms with Crippen LogP contribution in [0, 0.1) is 0 Å². The standard InChI is InChI=1S/C17H18F2N2O2S.ClH/c1-11-10-20-8-9-21(11)16(22)15-7-6-14(24-15)12-2-4-13(5-3-12)23-17(18)19;/h2-7,11,17,20H,8-10H2,1H3;1H/t11-;/m0./s1. The number of nitrogens with one attached hydrogen (secondary N) is 1. The predicted octanol–water partition coefficient (Wildman–Crippen LogP) is 3.87. The maximum absolute atomic E-state index is 12.6. The number of halogens is 3. The molecular formula is C17H19ClF2N2O2S. The number of alkyl halides is 2. The molecule has 0 unspecified atom stereocenters. The van der Waals surface area contributed by atoms with Crippen LogP contribution in [0.1, 0.15) is 16.6 Å². The Kier molecular flexibility index (Phi) is 6.75. The summed E-state index contributed by atoms with van der Waals surface area (Å²) in [5, 5.41) is 3.26. The van der Waals surface area contributed by atoms with Crippen LogP contribution in [0.15, 0.2) is 36.4 Å². The van der Waals surface area contributed by atoms with Gasteiger partial charge in [-0.1, -0.05) is 0 Å². The van der Waals surface area contributed by atoms with Gasteiger partial charge in [0.1, 0.15) is 5.75 Å². The fourth-order valence-corrected chi connectivity index (χ4v) is 3.66. The Bertz CT molecular complexity index is 709. The van der Waals surface area contributed by atoms with E-state index in [-0.39, 0.29) is 30.1 Å². The van der Waals surface area contributed by atoms with E-state index in [4.69, 9.17) is 0 Å². The number of nitrogens with zero attached hydrogens (tertiary/aromatic N) is 1. The number of hydrogen-bond acceptors (Lipinski definition) is 4. The van der Waals surface area contributed by atoms with Crippen LogP contribution in [0.3, 0.4) is 0 Å². The van der Waals surface area contributed by atoms with Crippen LogP contribution in [-0.2, 0) is 0 Å². The molecule has 0 aliphatic carbocycles. The van der Waals surface area contributed by atoms with Gasteiger partial charge in [-0.2, -0.15) is 8.78 Å². The van der Waals surface area contributed by atoms with Gasteiger partial charge in [-0.15, -0.1) is 23.7 Å². The molecule has 4 nitrogen and oxygen atoms in total. The monoisotopic (exact) mass is 388 g/mol. The van der Waals surface area contributed by atoms with Crippen molar-refractivity contribution >= 4 is 29.7 Å². The number of ether oxygens (including phenoxy) is 1. The highest BCUT2D eigenvalue weighted by Gasteiger charge is 2.25. The van der Waals surface area contributed by atoms with Gasteiger partial charge < -0.3 is 15.0 Å². The highest BCUT2D eigenvalue weighted by Crippen LogP contribution is 2.30. The molecule has 1 saturated heterocycles. The quantitative estimate of drug-likeness (QED) is 0.864. The molecule has 1 amide bonds. The minimum absolute atomic E-state index is 0. The number of thiophene rings is 1. The molecule has 2 heterocycles. The lowest BCUT2D eigenvalue weighted by molar-refractivity contribution is -0.0498. The third kappa shape index (κ3) is 4.68. The molecule has 0 radical (unpaired) electrons. The summed E-state index contributed by atoms with van der Waals surface area (Å²) in [6.07, 6.45) is 0. The minimum atomic E-state index is -2.83. The lowest BCUT2D eigenvalue weighted by atomic mass is 10.2.